The summed E-state index contributed by atoms with van der Waals surface area (Å²) in [4.78, 5) is 0. The second kappa shape index (κ2) is 7.66. The first-order valence-electron chi connectivity index (χ1n) is 5.73. The van der Waals surface area contributed by atoms with Gasteiger partial charge in [0.25, 0.3) is 0 Å². The fourth-order valence-electron chi connectivity index (χ4n) is 1.77. The Hall–Kier alpha value is -0.570. The van der Waals surface area contributed by atoms with Crippen molar-refractivity contribution in [1.82, 2.24) is 5.32 Å². The van der Waals surface area contributed by atoms with Crippen LogP contribution in [0.3, 0.4) is 0 Å². The van der Waals surface area contributed by atoms with Crippen LogP contribution in [0, 0.1) is 0 Å². The zero-order valence-electron chi connectivity index (χ0n) is 10.0. The van der Waals surface area contributed by atoms with E-state index in [2.05, 4.69) is 18.3 Å². The van der Waals surface area contributed by atoms with E-state index in [-0.39, 0.29) is 0 Å². The molecule has 1 atom stereocenters. The number of benzene rings is 1. The van der Waals surface area contributed by atoms with Crippen LogP contribution in [0.2, 0.25) is 5.02 Å². The lowest BCUT2D eigenvalue weighted by atomic mass is 10.1. The molecule has 0 heterocycles. The number of rotatable bonds is 7. The molecule has 0 saturated heterocycles. The van der Waals surface area contributed by atoms with Crippen LogP contribution in [0.1, 0.15) is 18.9 Å². The molecule has 90 valence electrons. The fourth-order valence-corrected chi connectivity index (χ4v) is 2.00. The summed E-state index contributed by atoms with van der Waals surface area (Å²) in [6.45, 7) is 3.83. The van der Waals surface area contributed by atoms with Crippen molar-refractivity contribution in [3.63, 3.8) is 0 Å². The van der Waals surface area contributed by atoms with Crippen molar-refractivity contribution in [2.45, 2.75) is 25.8 Å². The van der Waals surface area contributed by atoms with Crippen molar-refractivity contribution < 1.29 is 4.74 Å². The van der Waals surface area contributed by atoms with E-state index in [1.165, 1.54) is 5.56 Å². The number of nitrogens with one attached hydrogen (secondary N) is 1. The van der Waals surface area contributed by atoms with Crippen LogP contribution in [0.15, 0.2) is 24.3 Å². The molecule has 1 aromatic rings. The molecule has 16 heavy (non-hydrogen) atoms. The van der Waals surface area contributed by atoms with E-state index in [1.54, 1.807) is 7.11 Å². The topological polar surface area (TPSA) is 21.3 Å². The molecular formula is C13H20ClNO. The summed E-state index contributed by atoms with van der Waals surface area (Å²) in [7, 11) is 1.74. The Morgan fingerprint density at radius 2 is 2.12 bits per heavy atom. The molecule has 1 rings (SSSR count). The molecule has 1 aromatic carbocycles. The Labute approximate surface area is 103 Å². The highest BCUT2D eigenvalue weighted by atomic mass is 35.5. The van der Waals surface area contributed by atoms with Gasteiger partial charge in [-0.2, -0.15) is 0 Å². The van der Waals surface area contributed by atoms with Gasteiger partial charge in [-0.25, -0.2) is 0 Å². The highest BCUT2D eigenvalue weighted by Crippen LogP contribution is 2.17. The van der Waals surface area contributed by atoms with Crippen molar-refractivity contribution in [3.05, 3.63) is 34.9 Å². The fraction of sp³-hybridized carbons (Fsp3) is 0.538. The van der Waals surface area contributed by atoms with Crippen LogP contribution in [-0.4, -0.2) is 26.3 Å². The zero-order valence-corrected chi connectivity index (χ0v) is 10.8. The van der Waals surface area contributed by atoms with Gasteiger partial charge < -0.3 is 10.1 Å². The van der Waals surface area contributed by atoms with E-state index in [9.17, 15) is 0 Å². The van der Waals surface area contributed by atoms with E-state index in [1.807, 2.05) is 18.2 Å². The highest BCUT2D eigenvalue weighted by Gasteiger charge is 2.08. The Morgan fingerprint density at radius 3 is 2.75 bits per heavy atom. The lowest BCUT2D eigenvalue weighted by Gasteiger charge is -2.17. The Balaban J connectivity index is 2.45. The van der Waals surface area contributed by atoms with Crippen LogP contribution in [-0.2, 0) is 11.2 Å². The average molecular weight is 242 g/mol. The van der Waals surface area contributed by atoms with Crippen molar-refractivity contribution in [1.29, 1.82) is 0 Å². The third kappa shape index (κ3) is 4.52. The van der Waals surface area contributed by atoms with Crippen LogP contribution in [0.4, 0.5) is 0 Å². The average Bonchev–Trinajstić information content (AvgIpc) is 2.28. The van der Waals surface area contributed by atoms with Crippen molar-refractivity contribution >= 4 is 11.6 Å². The number of hydrogen-bond donors (Lipinski definition) is 1. The van der Waals surface area contributed by atoms with Gasteiger partial charge in [-0.05, 0) is 31.0 Å². The summed E-state index contributed by atoms with van der Waals surface area (Å²) in [6.07, 6.45) is 2.03. The summed E-state index contributed by atoms with van der Waals surface area (Å²) < 4.78 is 5.18. The molecule has 0 saturated carbocycles. The van der Waals surface area contributed by atoms with Crippen molar-refractivity contribution in [3.8, 4) is 0 Å². The molecule has 2 nitrogen and oxygen atoms in total. The molecule has 0 fully saturated rings. The SMILES string of the molecule is CCNC(CCc1ccccc1Cl)COC. The van der Waals surface area contributed by atoms with Gasteiger partial charge in [0.05, 0.1) is 6.61 Å². The van der Waals surface area contributed by atoms with Gasteiger partial charge in [0, 0.05) is 18.2 Å². The second-order valence-corrected chi connectivity index (χ2v) is 4.25. The van der Waals surface area contributed by atoms with Gasteiger partial charge in [-0.3, -0.25) is 0 Å². The lowest BCUT2D eigenvalue weighted by Crippen LogP contribution is -2.33. The Kier molecular flexibility index (Phi) is 6.46. The molecule has 0 aliphatic heterocycles. The molecule has 1 unspecified atom stereocenters. The summed E-state index contributed by atoms with van der Waals surface area (Å²) in [5.41, 5.74) is 1.21. The molecule has 0 aliphatic carbocycles. The highest BCUT2D eigenvalue weighted by molar-refractivity contribution is 6.31. The summed E-state index contributed by atoms with van der Waals surface area (Å²) in [6, 6.07) is 8.42. The van der Waals surface area contributed by atoms with Crippen LogP contribution >= 0.6 is 11.6 Å². The molecule has 0 radical (unpaired) electrons. The largest absolute Gasteiger partial charge is 0.383 e. The molecule has 1 N–H and O–H groups in total. The standard InChI is InChI=1S/C13H20ClNO/c1-3-15-12(10-16-2)9-8-11-6-4-5-7-13(11)14/h4-7,12,15H,3,8-10H2,1-2H3. The maximum Gasteiger partial charge on any atom is 0.0615 e. The second-order valence-electron chi connectivity index (χ2n) is 3.84. The normalized spacial score (nSPS) is 12.7. The quantitative estimate of drug-likeness (QED) is 0.793. The molecule has 0 aromatic heterocycles. The lowest BCUT2D eigenvalue weighted by molar-refractivity contribution is 0.163. The minimum Gasteiger partial charge on any atom is -0.383 e. The van der Waals surface area contributed by atoms with Crippen LogP contribution in [0.25, 0.3) is 0 Å². The number of halogens is 1. The minimum atomic E-state index is 0.409. The van der Waals surface area contributed by atoms with Gasteiger partial charge in [-0.15, -0.1) is 0 Å². The number of methoxy groups -OCH3 is 1. The van der Waals surface area contributed by atoms with Gasteiger partial charge >= 0.3 is 0 Å². The number of ether oxygens (including phenoxy) is 1. The first kappa shape index (κ1) is 13.5. The zero-order chi connectivity index (χ0) is 11.8. The molecular weight excluding hydrogens is 222 g/mol. The third-order valence-electron chi connectivity index (χ3n) is 2.58. The Bertz CT molecular complexity index is 298. The molecule has 3 heteroatoms. The van der Waals surface area contributed by atoms with Crippen LogP contribution in [0.5, 0.6) is 0 Å². The summed E-state index contributed by atoms with van der Waals surface area (Å²) in [5.74, 6) is 0. The van der Waals surface area contributed by atoms with E-state index in [0.29, 0.717) is 6.04 Å². The first-order valence-corrected chi connectivity index (χ1v) is 6.11. The summed E-state index contributed by atoms with van der Waals surface area (Å²) in [5, 5.41) is 4.26. The molecule has 0 spiro atoms. The number of likely N-dealkylation sites (N-methyl/N-ethyl adjacent to an activating group) is 1. The Morgan fingerprint density at radius 1 is 1.38 bits per heavy atom. The predicted octanol–water partition coefficient (Wildman–Crippen LogP) is 2.90. The van der Waals surface area contributed by atoms with Gasteiger partial charge in [0.1, 0.15) is 0 Å². The van der Waals surface area contributed by atoms with E-state index >= 15 is 0 Å². The van der Waals surface area contributed by atoms with E-state index < -0.39 is 0 Å². The predicted molar refractivity (Wildman–Crippen MR) is 69.1 cm³/mol. The van der Waals surface area contributed by atoms with Crippen molar-refractivity contribution in [2.75, 3.05) is 20.3 Å². The molecule has 0 amide bonds. The van der Waals surface area contributed by atoms with E-state index in [0.717, 1.165) is 31.0 Å². The van der Waals surface area contributed by atoms with Crippen LogP contribution < -0.4 is 5.32 Å². The van der Waals surface area contributed by atoms with Gasteiger partial charge in [0.2, 0.25) is 0 Å². The van der Waals surface area contributed by atoms with E-state index in [4.69, 9.17) is 16.3 Å². The monoisotopic (exact) mass is 241 g/mol. The van der Waals surface area contributed by atoms with Gasteiger partial charge in [-0.1, -0.05) is 36.7 Å². The number of hydrogen-bond acceptors (Lipinski definition) is 2. The van der Waals surface area contributed by atoms with Crippen molar-refractivity contribution in [2.24, 2.45) is 0 Å². The summed E-state index contributed by atoms with van der Waals surface area (Å²) >= 11 is 6.11. The maximum atomic E-state index is 6.11. The smallest absolute Gasteiger partial charge is 0.0615 e. The first-order chi connectivity index (χ1) is 7.77. The third-order valence-corrected chi connectivity index (χ3v) is 2.95. The maximum absolute atomic E-state index is 6.11. The molecule has 0 bridgehead atoms. The number of aryl methyl sites for hydroxylation is 1. The van der Waals surface area contributed by atoms with Gasteiger partial charge in [0.15, 0.2) is 0 Å². The minimum absolute atomic E-state index is 0.409. The molecule has 0 aliphatic rings.